The predicted octanol–water partition coefficient (Wildman–Crippen LogP) is 3.23. The minimum Gasteiger partial charge on any atom is -0.449 e. The number of anilines is 2. The smallest absolute Gasteiger partial charge is 0.254 e. The van der Waals surface area contributed by atoms with Crippen molar-refractivity contribution in [2.45, 2.75) is 50.2 Å². The first-order chi connectivity index (χ1) is 34.3. The van der Waals surface area contributed by atoms with Crippen molar-refractivity contribution in [1.29, 1.82) is 0 Å². The van der Waals surface area contributed by atoms with Gasteiger partial charge in [0.05, 0.1) is 39.4 Å². The molecule has 4 atom stereocenters. The molecule has 2 aliphatic heterocycles. The molecule has 2 aliphatic rings. The average molecular weight is 1010 g/mol. The maximum absolute atomic E-state index is 13.0. The number of nitrogens with zero attached hydrogens (tertiary/aromatic N) is 6. The molecule has 2 aromatic heterocycles. The van der Waals surface area contributed by atoms with Crippen molar-refractivity contribution in [3.05, 3.63) is 154 Å². The number of rotatable bonds is 18. The molecule has 6 N–H and O–H groups in total. The van der Waals surface area contributed by atoms with Crippen LogP contribution in [0.3, 0.4) is 0 Å². The minimum atomic E-state index is -2.00. The molecule has 0 aliphatic carbocycles. The quantitative estimate of drug-likeness (QED) is 0.0726. The molecule has 71 heavy (non-hydrogen) atoms. The van der Waals surface area contributed by atoms with E-state index in [-0.39, 0.29) is 51.6 Å². The molecule has 4 aromatic carbocycles. The van der Waals surface area contributed by atoms with Crippen LogP contribution in [-0.2, 0) is 45.0 Å². The van der Waals surface area contributed by atoms with E-state index in [2.05, 4.69) is 20.6 Å². The summed E-state index contributed by atoms with van der Waals surface area (Å²) in [6.07, 6.45) is -3.77. The Morgan fingerprint density at radius 3 is 1.68 bits per heavy atom. The molecule has 18 nitrogen and oxygen atoms in total. The molecule has 0 saturated carbocycles. The second-order valence-corrected chi connectivity index (χ2v) is 18.1. The summed E-state index contributed by atoms with van der Waals surface area (Å²) in [7, 11) is 0. The van der Waals surface area contributed by atoms with E-state index in [1.54, 1.807) is 18.4 Å². The van der Waals surface area contributed by atoms with Crippen molar-refractivity contribution < 1.29 is 48.4 Å². The van der Waals surface area contributed by atoms with E-state index < -0.39 is 48.0 Å². The Bertz CT molecular complexity index is 2810. The van der Waals surface area contributed by atoms with Gasteiger partial charge in [0, 0.05) is 78.2 Å². The van der Waals surface area contributed by atoms with Crippen molar-refractivity contribution in [2.24, 2.45) is 0 Å². The van der Waals surface area contributed by atoms with Crippen LogP contribution in [-0.4, -0.2) is 147 Å². The number of benzene rings is 4. The van der Waals surface area contributed by atoms with Crippen LogP contribution in [0.5, 0.6) is 0 Å². The van der Waals surface area contributed by atoms with Crippen LogP contribution >= 0.6 is 23.2 Å². The van der Waals surface area contributed by atoms with E-state index in [4.69, 9.17) is 32.0 Å². The van der Waals surface area contributed by atoms with Crippen LogP contribution in [0.15, 0.2) is 118 Å². The number of aliphatic hydroxyl groups is 4. The van der Waals surface area contributed by atoms with E-state index in [0.717, 1.165) is 33.6 Å². The lowest BCUT2D eigenvalue weighted by Gasteiger charge is -2.37. The number of carbonyl (C=O) groups excluding carboxylic acids is 4. The van der Waals surface area contributed by atoms with E-state index in [0.29, 0.717) is 66.3 Å². The van der Waals surface area contributed by atoms with E-state index in [1.165, 1.54) is 16.1 Å². The molecular formula is C51H54Cl2N8O10. The molecule has 4 heterocycles. The highest BCUT2D eigenvalue weighted by Gasteiger charge is 2.36. The highest BCUT2D eigenvalue weighted by atomic mass is 35.5. The van der Waals surface area contributed by atoms with Gasteiger partial charge in [-0.2, -0.15) is 0 Å². The summed E-state index contributed by atoms with van der Waals surface area (Å²) in [6.45, 7) is 2.89. The van der Waals surface area contributed by atoms with Gasteiger partial charge in [0.1, 0.15) is 12.5 Å². The number of para-hydroxylation sites is 2. The van der Waals surface area contributed by atoms with Crippen LogP contribution in [0.1, 0.15) is 34.3 Å². The Morgan fingerprint density at radius 2 is 1.08 bits per heavy atom. The largest absolute Gasteiger partial charge is 0.449 e. The molecule has 0 radical (unpaired) electrons. The minimum absolute atomic E-state index is 0.0411. The summed E-state index contributed by atoms with van der Waals surface area (Å²) in [4.78, 5) is 67.5. The normalized spacial score (nSPS) is 15.7. The first kappa shape index (κ1) is 50.6. The first-order valence-corrected chi connectivity index (χ1v) is 24.0. The number of oxazole rings is 2. The second-order valence-electron chi connectivity index (χ2n) is 17.2. The van der Waals surface area contributed by atoms with Crippen LogP contribution < -0.4 is 20.4 Å². The first-order valence-electron chi connectivity index (χ1n) is 23.2. The van der Waals surface area contributed by atoms with Crippen molar-refractivity contribution >= 4 is 58.2 Å². The molecular weight excluding hydrogens is 956 g/mol. The molecule has 0 bridgehead atoms. The zero-order valence-corrected chi connectivity index (χ0v) is 40.1. The molecule has 0 unspecified atom stereocenters. The SMILES string of the molecule is O=C(NCCc1nc(Cc2ccccc2-c2cccc(Cc3coc(CNC(=O)[C@H](O)[C@@H](O)C(=O)N4CCN(c5ccccc5Cl)CC4)n3)c2)co1)[C@H](O)[C@@H](O)C(=O)N1CCN(c2ccccc2Cl)CC1. The van der Waals surface area contributed by atoms with Gasteiger partial charge in [0.2, 0.25) is 5.89 Å². The Morgan fingerprint density at radius 1 is 0.577 bits per heavy atom. The Kier molecular flexibility index (Phi) is 16.7. The third-order valence-electron chi connectivity index (χ3n) is 12.5. The second kappa shape index (κ2) is 23.4. The lowest BCUT2D eigenvalue weighted by molar-refractivity contribution is -0.153. The van der Waals surface area contributed by atoms with E-state index in [1.807, 2.05) is 94.7 Å². The maximum atomic E-state index is 13.0. The van der Waals surface area contributed by atoms with Gasteiger partial charge >= 0.3 is 0 Å². The average Bonchev–Trinajstić information content (AvgIpc) is 4.05. The van der Waals surface area contributed by atoms with Crippen molar-refractivity contribution in [2.75, 3.05) is 68.7 Å². The fraction of sp³-hybridized carbons (Fsp3) is 0.333. The number of halogens is 2. The number of aliphatic hydroxyl groups excluding tert-OH is 4. The van der Waals surface area contributed by atoms with Crippen molar-refractivity contribution in [3.63, 3.8) is 0 Å². The van der Waals surface area contributed by atoms with Gasteiger partial charge in [-0.25, -0.2) is 9.97 Å². The fourth-order valence-corrected chi connectivity index (χ4v) is 9.12. The number of nitrogens with one attached hydrogen (secondary N) is 2. The van der Waals surface area contributed by atoms with Crippen LogP contribution in [0, 0.1) is 0 Å². The summed E-state index contributed by atoms with van der Waals surface area (Å²) in [5.41, 5.74) is 6.78. The molecule has 4 amide bonds. The lowest BCUT2D eigenvalue weighted by Crippen LogP contribution is -2.55. The highest BCUT2D eigenvalue weighted by molar-refractivity contribution is 6.33. The topological polar surface area (TPSA) is 238 Å². The zero-order valence-electron chi connectivity index (χ0n) is 38.6. The predicted molar refractivity (Wildman–Crippen MR) is 264 cm³/mol. The molecule has 2 fully saturated rings. The van der Waals surface area contributed by atoms with Gasteiger partial charge in [-0.15, -0.1) is 0 Å². The Hall–Kier alpha value is -6.80. The molecule has 8 rings (SSSR count). The summed E-state index contributed by atoms with van der Waals surface area (Å²) in [5.74, 6) is -2.79. The number of amides is 4. The van der Waals surface area contributed by atoms with Crippen molar-refractivity contribution in [3.8, 4) is 11.1 Å². The summed E-state index contributed by atoms with van der Waals surface area (Å²) < 4.78 is 11.3. The van der Waals surface area contributed by atoms with Gasteiger partial charge in [0.25, 0.3) is 23.6 Å². The Labute approximate surface area is 419 Å². The summed E-state index contributed by atoms with van der Waals surface area (Å²) in [6, 6.07) is 30.6. The molecule has 372 valence electrons. The number of hydrogen-bond acceptors (Lipinski definition) is 14. The van der Waals surface area contributed by atoms with Gasteiger partial charge in [-0.05, 0) is 46.5 Å². The van der Waals surface area contributed by atoms with Crippen molar-refractivity contribution in [1.82, 2.24) is 30.4 Å². The molecule has 2 saturated heterocycles. The monoisotopic (exact) mass is 1010 g/mol. The highest BCUT2D eigenvalue weighted by Crippen LogP contribution is 2.29. The number of aromatic nitrogens is 2. The number of hydrogen-bond donors (Lipinski definition) is 6. The van der Waals surface area contributed by atoms with Crippen LogP contribution in [0.2, 0.25) is 10.0 Å². The van der Waals surface area contributed by atoms with E-state index >= 15 is 0 Å². The maximum Gasteiger partial charge on any atom is 0.254 e. The summed E-state index contributed by atoms with van der Waals surface area (Å²) in [5, 5.41) is 48.6. The number of carbonyl (C=O) groups is 4. The molecule has 20 heteroatoms. The van der Waals surface area contributed by atoms with Gasteiger partial charge in [-0.1, -0.05) is 96.0 Å². The van der Waals surface area contributed by atoms with Gasteiger partial charge < -0.3 is 59.5 Å². The molecule has 0 spiro atoms. The van der Waals surface area contributed by atoms with E-state index in [9.17, 15) is 39.6 Å². The van der Waals surface area contributed by atoms with Crippen LogP contribution in [0.25, 0.3) is 11.1 Å². The third-order valence-corrected chi connectivity index (χ3v) is 13.1. The Balaban J connectivity index is 0.773. The third kappa shape index (κ3) is 12.6. The number of piperazine rings is 2. The van der Waals surface area contributed by atoms with Gasteiger partial charge in [0.15, 0.2) is 30.3 Å². The zero-order chi connectivity index (χ0) is 50.0. The molecule has 6 aromatic rings. The lowest BCUT2D eigenvalue weighted by atomic mass is 9.95. The fourth-order valence-electron chi connectivity index (χ4n) is 8.61. The standard InChI is InChI=1S/C51H54Cl2N8O10/c52-38-12-3-5-14-40(38)58-18-22-60(23-19-58)50(68)46(64)44(62)48(66)54-17-16-42-56-36(31-70-42)28-34-9-1-2-11-37(34)33-10-7-8-32(26-33)27-35-30-71-43(57-35)29-55-49(67)45(63)47(65)51(69)61-24-20-59(21-25-61)41-15-6-4-13-39(41)53/h1-15,26,30-31,44-47,62-65H,16-25,27-29H2,(H,54,66)(H,55,67)/t44-,45-,46-,47-/m1/s1. The summed E-state index contributed by atoms with van der Waals surface area (Å²) >= 11 is 12.6. The van der Waals surface area contributed by atoms with Crippen LogP contribution in [0.4, 0.5) is 11.4 Å². The van der Waals surface area contributed by atoms with Gasteiger partial charge in [-0.3, -0.25) is 19.2 Å².